The summed E-state index contributed by atoms with van der Waals surface area (Å²) in [6.07, 6.45) is 0.834. The van der Waals surface area contributed by atoms with Gasteiger partial charge in [-0.15, -0.1) is 0 Å². The van der Waals surface area contributed by atoms with Crippen molar-refractivity contribution in [1.82, 2.24) is 4.98 Å². The Bertz CT molecular complexity index is 1300. The number of aliphatic hydroxyl groups is 1. The van der Waals surface area contributed by atoms with Crippen molar-refractivity contribution in [2.75, 3.05) is 6.16 Å². The lowest BCUT2D eigenvalue weighted by molar-refractivity contribution is -0.138. The van der Waals surface area contributed by atoms with Crippen molar-refractivity contribution in [2.24, 2.45) is 0 Å². The molecule has 0 aliphatic heterocycles. The SMILES string of the molecule is Cc1c(-c2ccccc2)nc(C2CC2)c(/C=C/P(=O)(O)C[C@H](O)CC(=O)O)c1-c1ccc(F)cc1. The van der Waals surface area contributed by atoms with Gasteiger partial charge in [-0.25, -0.2) is 4.39 Å². The molecule has 0 bridgehead atoms. The summed E-state index contributed by atoms with van der Waals surface area (Å²) >= 11 is 0. The normalized spacial score (nSPS) is 16.2. The lowest BCUT2D eigenvalue weighted by atomic mass is 9.90. The fraction of sp³-hybridized carbons (Fsp3) is 0.259. The first-order valence-corrected chi connectivity index (χ1v) is 13.3. The number of hydrogen-bond acceptors (Lipinski definition) is 4. The topological polar surface area (TPSA) is 108 Å². The molecule has 8 heteroatoms. The molecular weight excluding hydrogens is 468 g/mol. The van der Waals surface area contributed by atoms with Crippen LogP contribution < -0.4 is 0 Å². The van der Waals surface area contributed by atoms with E-state index in [9.17, 15) is 23.7 Å². The van der Waals surface area contributed by atoms with Gasteiger partial charge >= 0.3 is 5.97 Å². The molecule has 1 aliphatic rings. The van der Waals surface area contributed by atoms with Crippen molar-refractivity contribution in [3.8, 4) is 22.4 Å². The monoisotopic (exact) mass is 495 g/mol. The molecule has 1 fully saturated rings. The van der Waals surface area contributed by atoms with Gasteiger partial charge in [0, 0.05) is 22.9 Å². The first-order chi connectivity index (χ1) is 16.6. The molecule has 182 valence electrons. The van der Waals surface area contributed by atoms with Crippen LogP contribution >= 0.6 is 7.37 Å². The highest BCUT2D eigenvalue weighted by molar-refractivity contribution is 7.61. The van der Waals surface area contributed by atoms with Crippen molar-refractivity contribution < 1.29 is 28.9 Å². The summed E-state index contributed by atoms with van der Waals surface area (Å²) in [5.74, 6) is -0.258. The Kier molecular flexibility index (Phi) is 7.31. The third kappa shape index (κ3) is 6.12. The molecule has 1 saturated carbocycles. The summed E-state index contributed by atoms with van der Waals surface area (Å²) in [4.78, 5) is 26.3. The number of aromatic nitrogens is 1. The summed E-state index contributed by atoms with van der Waals surface area (Å²) in [5.41, 5.74) is 5.62. The largest absolute Gasteiger partial charge is 0.481 e. The summed E-state index contributed by atoms with van der Waals surface area (Å²) in [5, 5.41) is 18.7. The molecule has 3 N–H and O–H groups in total. The zero-order valence-electron chi connectivity index (χ0n) is 19.3. The number of nitrogens with zero attached hydrogens (tertiary/aromatic N) is 1. The van der Waals surface area contributed by atoms with Crippen LogP contribution in [0.15, 0.2) is 60.4 Å². The van der Waals surface area contributed by atoms with Crippen LogP contribution in [-0.2, 0) is 9.36 Å². The van der Waals surface area contributed by atoms with Crippen LogP contribution in [0.3, 0.4) is 0 Å². The van der Waals surface area contributed by atoms with E-state index in [-0.39, 0.29) is 11.7 Å². The van der Waals surface area contributed by atoms with Crippen LogP contribution in [0.25, 0.3) is 28.5 Å². The fourth-order valence-corrected chi connectivity index (χ4v) is 5.47. The predicted molar refractivity (Wildman–Crippen MR) is 134 cm³/mol. The molecule has 0 spiro atoms. The zero-order valence-corrected chi connectivity index (χ0v) is 20.2. The third-order valence-corrected chi connectivity index (χ3v) is 7.57. The quantitative estimate of drug-likeness (QED) is 0.323. The Morgan fingerprint density at radius 1 is 1.14 bits per heavy atom. The average molecular weight is 495 g/mol. The van der Waals surface area contributed by atoms with Gasteiger partial charge < -0.3 is 15.1 Å². The van der Waals surface area contributed by atoms with E-state index in [4.69, 9.17) is 10.1 Å². The lowest BCUT2D eigenvalue weighted by Crippen LogP contribution is -2.17. The predicted octanol–water partition coefficient (Wildman–Crippen LogP) is 5.82. The third-order valence-electron chi connectivity index (χ3n) is 6.01. The minimum Gasteiger partial charge on any atom is -0.481 e. The van der Waals surface area contributed by atoms with Gasteiger partial charge in [0.2, 0.25) is 7.37 Å². The Morgan fingerprint density at radius 3 is 2.40 bits per heavy atom. The number of carboxylic acid groups (broad SMARTS) is 1. The molecule has 2 atom stereocenters. The van der Waals surface area contributed by atoms with Crippen LogP contribution in [0.2, 0.25) is 0 Å². The molecule has 1 unspecified atom stereocenters. The Hall–Kier alpha value is -3.12. The van der Waals surface area contributed by atoms with Crippen molar-refractivity contribution >= 4 is 19.4 Å². The number of benzene rings is 2. The molecule has 0 saturated heterocycles. The summed E-state index contributed by atoms with van der Waals surface area (Å²) < 4.78 is 26.5. The highest BCUT2D eigenvalue weighted by Crippen LogP contribution is 2.48. The second-order valence-electron chi connectivity index (χ2n) is 8.91. The van der Waals surface area contributed by atoms with Gasteiger partial charge in [-0.2, -0.15) is 0 Å². The lowest BCUT2D eigenvalue weighted by Gasteiger charge is -2.19. The maximum atomic E-state index is 13.7. The van der Waals surface area contributed by atoms with Crippen molar-refractivity contribution in [2.45, 2.75) is 38.2 Å². The van der Waals surface area contributed by atoms with E-state index < -0.39 is 32.0 Å². The van der Waals surface area contributed by atoms with Gasteiger partial charge in [0.25, 0.3) is 0 Å². The van der Waals surface area contributed by atoms with Crippen molar-refractivity contribution in [3.63, 3.8) is 0 Å². The Balaban J connectivity index is 1.86. The number of aliphatic carboxylic acids is 1. The first kappa shape index (κ1) is 25.0. The number of carbonyl (C=O) groups is 1. The first-order valence-electron chi connectivity index (χ1n) is 11.4. The van der Waals surface area contributed by atoms with E-state index in [1.54, 1.807) is 18.2 Å². The van der Waals surface area contributed by atoms with Crippen molar-refractivity contribution in [1.29, 1.82) is 0 Å². The van der Waals surface area contributed by atoms with E-state index >= 15 is 0 Å². The van der Waals surface area contributed by atoms with Gasteiger partial charge in [-0.05, 0) is 54.7 Å². The minimum atomic E-state index is -3.99. The Morgan fingerprint density at radius 2 is 1.80 bits per heavy atom. The molecule has 1 aliphatic carbocycles. The second kappa shape index (κ2) is 10.2. The smallest absolute Gasteiger partial charge is 0.305 e. The Labute approximate surface area is 203 Å². The molecule has 35 heavy (non-hydrogen) atoms. The molecule has 2 aromatic carbocycles. The molecule has 0 amide bonds. The van der Waals surface area contributed by atoms with E-state index in [0.717, 1.165) is 52.3 Å². The molecule has 0 radical (unpaired) electrons. The number of aliphatic hydroxyl groups excluding tert-OH is 1. The maximum Gasteiger partial charge on any atom is 0.305 e. The van der Waals surface area contributed by atoms with Crippen LogP contribution in [0.4, 0.5) is 4.39 Å². The minimum absolute atomic E-state index is 0.201. The second-order valence-corrected chi connectivity index (χ2v) is 11.1. The summed E-state index contributed by atoms with van der Waals surface area (Å²) in [6, 6.07) is 15.8. The van der Waals surface area contributed by atoms with E-state index in [0.29, 0.717) is 5.56 Å². The van der Waals surface area contributed by atoms with E-state index in [1.165, 1.54) is 12.1 Å². The van der Waals surface area contributed by atoms with Crippen LogP contribution in [0.1, 0.15) is 42.0 Å². The van der Waals surface area contributed by atoms with Gasteiger partial charge in [0.05, 0.1) is 30.1 Å². The van der Waals surface area contributed by atoms with Crippen molar-refractivity contribution in [3.05, 3.63) is 83.1 Å². The van der Waals surface area contributed by atoms with Gasteiger partial charge in [-0.1, -0.05) is 42.5 Å². The average Bonchev–Trinajstić information content (AvgIpc) is 3.63. The van der Waals surface area contributed by atoms with Gasteiger partial charge in [0.15, 0.2) is 0 Å². The number of carboxylic acids is 1. The molecule has 1 aromatic heterocycles. The molecule has 4 rings (SSSR count). The highest BCUT2D eigenvalue weighted by Gasteiger charge is 2.31. The standard InChI is InChI=1S/C27H27FNO5P/c1-17-25(18-9-11-21(28)12-10-18)23(13-14-35(33,34)16-22(30)15-24(31)32)27(20-7-8-20)29-26(17)19-5-3-2-4-6-19/h2-6,9-14,20,22,30H,7-8,15-16H2,1H3,(H,31,32)(H,33,34)/b14-13+/t22-/m1/s1. The van der Waals surface area contributed by atoms with E-state index in [2.05, 4.69) is 0 Å². The molecule has 1 heterocycles. The number of rotatable bonds is 9. The zero-order chi connectivity index (χ0) is 25.2. The van der Waals surface area contributed by atoms with Crippen LogP contribution in [-0.4, -0.2) is 38.3 Å². The highest BCUT2D eigenvalue weighted by atomic mass is 31.2. The summed E-state index contributed by atoms with van der Waals surface area (Å²) in [7, 11) is -3.99. The number of halogens is 1. The van der Waals surface area contributed by atoms with Gasteiger partial charge in [0.1, 0.15) is 5.82 Å². The van der Waals surface area contributed by atoms with Gasteiger partial charge in [-0.3, -0.25) is 14.3 Å². The maximum absolute atomic E-state index is 13.7. The van der Waals surface area contributed by atoms with Crippen LogP contribution in [0, 0.1) is 12.7 Å². The fourth-order valence-electron chi connectivity index (χ4n) is 4.24. The van der Waals surface area contributed by atoms with E-state index in [1.807, 2.05) is 37.3 Å². The molecule has 3 aromatic rings. The molecule has 6 nitrogen and oxygen atoms in total. The van der Waals surface area contributed by atoms with Crippen LogP contribution in [0.5, 0.6) is 0 Å². The molecular formula is C27H27FNO5P. The number of hydrogen-bond donors (Lipinski definition) is 3. The summed E-state index contributed by atoms with van der Waals surface area (Å²) in [6.45, 7) is 1.93. The number of pyridine rings is 1.